The van der Waals surface area contributed by atoms with E-state index in [-0.39, 0.29) is 17.3 Å². The molecule has 0 aliphatic heterocycles. The van der Waals surface area contributed by atoms with E-state index in [1.165, 1.54) is 12.1 Å². The maximum Gasteiger partial charge on any atom is 0.240 e. The van der Waals surface area contributed by atoms with Crippen LogP contribution >= 0.6 is 0 Å². The summed E-state index contributed by atoms with van der Waals surface area (Å²) in [5.41, 5.74) is 3.98. The molecule has 0 radical (unpaired) electrons. The van der Waals surface area contributed by atoms with Crippen LogP contribution in [0.3, 0.4) is 0 Å². The number of sulfonamides is 1. The van der Waals surface area contributed by atoms with Gasteiger partial charge in [-0.05, 0) is 50.2 Å². The molecule has 1 aromatic heterocycles. The van der Waals surface area contributed by atoms with E-state index in [1.54, 1.807) is 19.1 Å². The predicted molar refractivity (Wildman–Crippen MR) is 112 cm³/mol. The molecule has 0 atom stereocenters. The Labute approximate surface area is 170 Å². The Balaban J connectivity index is 1.75. The van der Waals surface area contributed by atoms with Gasteiger partial charge in [0.1, 0.15) is 0 Å². The zero-order chi connectivity index (χ0) is 21.0. The number of amides is 1. The second kappa shape index (κ2) is 8.59. The zero-order valence-electron chi connectivity index (χ0n) is 16.6. The number of carbonyl (C=O) groups is 1. The first kappa shape index (κ1) is 20.8. The Bertz CT molecular complexity index is 1100. The van der Waals surface area contributed by atoms with Crippen molar-refractivity contribution in [3.8, 4) is 5.69 Å². The van der Waals surface area contributed by atoms with Gasteiger partial charge in [0.05, 0.1) is 16.3 Å². The molecule has 0 unspecified atom stereocenters. The van der Waals surface area contributed by atoms with Crippen molar-refractivity contribution in [3.05, 3.63) is 71.5 Å². The predicted octanol–water partition coefficient (Wildman–Crippen LogP) is 3.32. The van der Waals surface area contributed by atoms with Gasteiger partial charge in [0.2, 0.25) is 15.9 Å². The number of anilines is 1. The number of rotatable bonds is 7. The van der Waals surface area contributed by atoms with E-state index in [9.17, 15) is 13.2 Å². The van der Waals surface area contributed by atoms with E-state index < -0.39 is 10.0 Å². The highest BCUT2D eigenvalue weighted by molar-refractivity contribution is 7.89. The van der Waals surface area contributed by atoms with Crippen LogP contribution in [-0.2, 0) is 21.4 Å². The maximum absolute atomic E-state index is 12.7. The molecule has 7 nitrogen and oxygen atoms in total. The van der Waals surface area contributed by atoms with Crippen LogP contribution < -0.4 is 10.0 Å². The summed E-state index contributed by atoms with van der Waals surface area (Å²) in [5.74, 6) is -0.125. The van der Waals surface area contributed by atoms with Gasteiger partial charge in [-0.2, -0.15) is 5.10 Å². The third-order valence-electron chi connectivity index (χ3n) is 4.65. The molecule has 0 saturated carbocycles. The summed E-state index contributed by atoms with van der Waals surface area (Å²) in [6.45, 7) is 5.67. The first-order chi connectivity index (χ1) is 13.8. The van der Waals surface area contributed by atoms with Gasteiger partial charge in [-0.3, -0.25) is 4.79 Å². The summed E-state index contributed by atoms with van der Waals surface area (Å²) in [4.78, 5) is 11.6. The lowest BCUT2D eigenvalue weighted by Crippen LogP contribution is -2.24. The SMILES string of the molecule is CCC(=O)Nc1ccc(S(=O)(=O)NCc2c(C)nn(-c3ccccc3)c2C)cc1. The molecular weight excluding hydrogens is 388 g/mol. The van der Waals surface area contributed by atoms with Crippen LogP contribution in [-0.4, -0.2) is 24.1 Å². The van der Waals surface area contributed by atoms with E-state index in [4.69, 9.17) is 0 Å². The van der Waals surface area contributed by atoms with Gasteiger partial charge in [0, 0.05) is 29.9 Å². The summed E-state index contributed by atoms with van der Waals surface area (Å²) in [6.07, 6.45) is 0.358. The van der Waals surface area contributed by atoms with Gasteiger partial charge in [-0.1, -0.05) is 25.1 Å². The number of nitrogens with zero attached hydrogens (tertiary/aromatic N) is 2. The molecule has 0 aliphatic carbocycles. The number of benzene rings is 2. The van der Waals surface area contributed by atoms with E-state index in [2.05, 4.69) is 15.1 Å². The molecule has 0 spiro atoms. The minimum Gasteiger partial charge on any atom is -0.326 e. The molecule has 0 saturated heterocycles. The van der Waals surface area contributed by atoms with Crippen LogP contribution in [0.5, 0.6) is 0 Å². The maximum atomic E-state index is 12.7. The fourth-order valence-electron chi connectivity index (χ4n) is 2.97. The monoisotopic (exact) mass is 412 g/mol. The highest BCUT2D eigenvalue weighted by atomic mass is 32.2. The standard InChI is InChI=1S/C21H24N4O3S/c1-4-21(26)23-17-10-12-19(13-11-17)29(27,28)22-14-20-15(2)24-25(16(20)3)18-8-6-5-7-9-18/h5-13,22H,4,14H2,1-3H3,(H,23,26). The summed E-state index contributed by atoms with van der Waals surface area (Å²) in [7, 11) is -3.70. The lowest BCUT2D eigenvalue weighted by molar-refractivity contribution is -0.115. The highest BCUT2D eigenvalue weighted by Gasteiger charge is 2.18. The van der Waals surface area contributed by atoms with Crippen molar-refractivity contribution >= 4 is 21.6 Å². The molecule has 3 aromatic rings. The van der Waals surface area contributed by atoms with Crippen LogP contribution in [0, 0.1) is 13.8 Å². The minimum atomic E-state index is -3.70. The number of hydrogen-bond donors (Lipinski definition) is 2. The van der Waals surface area contributed by atoms with Crippen LogP contribution in [0.15, 0.2) is 59.5 Å². The molecule has 0 fully saturated rings. The van der Waals surface area contributed by atoms with Crippen molar-refractivity contribution < 1.29 is 13.2 Å². The Morgan fingerprint density at radius 1 is 1.03 bits per heavy atom. The summed E-state index contributed by atoms with van der Waals surface area (Å²) in [5, 5.41) is 7.24. The van der Waals surface area contributed by atoms with Crippen molar-refractivity contribution in [2.24, 2.45) is 0 Å². The average Bonchev–Trinajstić information content (AvgIpc) is 3.01. The van der Waals surface area contributed by atoms with Crippen LogP contribution in [0.25, 0.3) is 5.69 Å². The first-order valence-corrected chi connectivity index (χ1v) is 10.8. The molecular formula is C21H24N4O3S. The molecule has 152 valence electrons. The fraction of sp³-hybridized carbons (Fsp3) is 0.238. The largest absolute Gasteiger partial charge is 0.326 e. The van der Waals surface area contributed by atoms with Crippen LogP contribution in [0.1, 0.15) is 30.3 Å². The molecule has 2 aromatic carbocycles. The van der Waals surface area contributed by atoms with Crippen LogP contribution in [0.4, 0.5) is 5.69 Å². The zero-order valence-corrected chi connectivity index (χ0v) is 17.5. The summed E-state index contributed by atoms with van der Waals surface area (Å²) >= 11 is 0. The van der Waals surface area contributed by atoms with Gasteiger partial charge in [-0.15, -0.1) is 0 Å². The van der Waals surface area contributed by atoms with Crippen molar-refractivity contribution in [1.29, 1.82) is 0 Å². The van der Waals surface area contributed by atoms with Gasteiger partial charge >= 0.3 is 0 Å². The second-order valence-electron chi connectivity index (χ2n) is 6.65. The molecule has 1 heterocycles. The fourth-order valence-corrected chi connectivity index (χ4v) is 3.96. The number of hydrogen-bond acceptors (Lipinski definition) is 4. The number of para-hydroxylation sites is 1. The van der Waals surface area contributed by atoms with E-state index in [0.717, 1.165) is 22.6 Å². The minimum absolute atomic E-state index is 0.125. The van der Waals surface area contributed by atoms with Crippen molar-refractivity contribution in [2.45, 2.75) is 38.6 Å². The lowest BCUT2D eigenvalue weighted by atomic mass is 10.2. The molecule has 8 heteroatoms. The number of aromatic nitrogens is 2. The molecule has 2 N–H and O–H groups in total. The molecule has 3 rings (SSSR count). The van der Waals surface area contributed by atoms with Gasteiger partial charge in [-0.25, -0.2) is 17.8 Å². The Hall–Kier alpha value is -2.97. The smallest absolute Gasteiger partial charge is 0.240 e. The molecule has 0 aliphatic rings. The van der Waals surface area contributed by atoms with Gasteiger partial charge in [0.25, 0.3) is 0 Å². The van der Waals surface area contributed by atoms with Crippen LogP contribution in [0.2, 0.25) is 0 Å². The van der Waals surface area contributed by atoms with Crippen molar-refractivity contribution in [3.63, 3.8) is 0 Å². The van der Waals surface area contributed by atoms with Gasteiger partial charge < -0.3 is 5.32 Å². The quantitative estimate of drug-likeness (QED) is 0.623. The summed E-state index contributed by atoms with van der Waals surface area (Å²) in [6, 6.07) is 15.8. The number of aryl methyl sites for hydroxylation is 1. The summed E-state index contributed by atoms with van der Waals surface area (Å²) < 4.78 is 29.8. The second-order valence-corrected chi connectivity index (χ2v) is 8.41. The molecule has 0 bridgehead atoms. The van der Waals surface area contributed by atoms with E-state index >= 15 is 0 Å². The van der Waals surface area contributed by atoms with E-state index in [0.29, 0.717) is 12.1 Å². The highest BCUT2D eigenvalue weighted by Crippen LogP contribution is 2.19. The Morgan fingerprint density at radius 3 is 2.31 bits per heavy atom. The van der Waals surface area contributed by atoms with E-state index in [1.807, 2.05) is 48.9 Å². The topological polar surface area (TPSA) is 93.1 Å². The number of carbonyl (C=O) groups excluding carboxylic acids is 1. The number of nitrogens with one attached hydrogen (secondary N) is 2. The Kier molecular flexibility index (Phi) is 6.14. The van der Waals surface area contributed by atoms with Gasteiger partial charge in [0.15, 0.2) is 0 Å². The molecule has 29 heavy (non-hydrogen) atoms. The third-order valence-corrected chi connectivity index (χ3v) is 6.07. The average molecular weight is 413 g/mol. The van der Waals surface area contributed by atoms with Crippen molar-refractivity contribution in [1.82, 2.24) is 14.5 Å². The first-order valence-electron chi connectivity index (χ1n) is 9.32. The normalized spacial score (nSPS) is 11.4. The lowest BCUT2D eigenvalue weighted by Gasteiger charge is -2.09. The molecule has 1 amide bonds. The third kappa shape index (κ3) is 4.72. The van der Waals surface area contributed by atoms with Crippen molar-refractivity contribution in [2.75, 3.05) is 5.32 Å². The Morgan fingerprint density at radius 2 is 1.69 bits per heavy atom.